The monoisotopic (exact) mass is 569 g/mol. The average molecular weight is 570 g/mol. The van der Waals surface area contributed by atoms with E-state index in [4.69, 9.17) is 24.7 Å². The first-order valence-corrected chi connectivity index (χ1v) is 14.0. The van der Waals surface area contributed by atoms with Crippen LogP contribution in [0, 0.1) is 22.7 Å². The van der Waals surface area contributed by atoms with Crippen LogP contribution < -0.4 is 14.3 Å². The number of sulfonamides is 1. The lowest BCUT2D eigenvalue weighted by atomic mass is 10.2. The second kappa shape index (κ2) is 12.1. The molecule has 4 rings (SSSR count). The van der Waals surface area contributed by atoms with Gasteiger partial charge in [0.15, 0.2) is 16.3 Å². The zero-order valence-corrected chi connectivity index (χ0v) is 22.5. The molecule has 1 aliphatic rings. The molecular weight excluding hydrogens is 546 g/mol. The van der Waals surface area contributed by atoms with E-state index in [9.17, 15) is 18.0 Å². The number of thiazole rings is 1. The Morgan fingerprint density at radius 1 is 1.10 bits per heavy atom. The molecular formula is C25H23N5O7S2. The number of esters is 1. The van der Waals surface area contributed by atoms with Gasteiger partial charge in [-0.05, 0) is 24.3 Å². The van der Waals surface area contributed by atoms with E-state index in [1.54, 1.807) is 16.7 Å². The number of nitrogens with zero attached hydrogens (tertiary/aromatic N) is 5. The summed E-state index contributed by atoms with van der Waals surface area (Å²) >= 11 is 1.23. The molecule has 0 aliphatic carbocycles. The minimum atomic E-state index is -3.97. The van der Waals surface area contributed by atoms with Crippen molar-refractivity contribution in [2.45, 2.75) is 30.7 Å². The lowest BCUT2D eigenvalue weighted by molar-refractivity contribution is -0.140. The van der Waals surface area contributed by atoms with Crippen LogP contribution in [0.2, 0.25) is 0 Å². The van der Waals surface area contributed by atoms with Crippen molar-refractivity contribution in [3.8, 4) is 23.6 Å². The summed E-state index contributed by atoms with van der Waals surface area (Å²) in [5.41, 5.74) is 0.858. The van der Waals surface area contributed by atoms with E-state index in [1.165, 1.54) is 42.7 Å². The molecule has 0 fully saturated rings. The molecule has 0 atom stereocenters. The van der Waals surface area contributed by atoms with Crippen LogP contribution in [-0.4, -0.2) is 56.2 Å². The van der Waals surface area contributed by atoms with E-state index in [0.29, 0.717) is 21.8 Å². The SMILES string of the molecule is COC(=O)CCn1c(=NC(=O)c2ccc(S(=O)(=O)N(CCC#N)CCC#N)cc2)sc2cc3c(cc21)OCO3. The Balaban J connectivity index is 1.66. The van der Waals surface area contributed by atoms with E-state index >= 15 is 0 Å². The molecule has 1 aromatic heterocycles. The van der Waals surface area contributed by atoms with Crippen LogP contribution in [0.3, 0.4) is 0 Å². The summed E-state index contributed by atoms with van der Waals surface area (Å²) in [6.07, 6.45) is 0.0117. The Morgan fingerprint density at radius 3 is 2.36 bits per heavy atom. The fourth-order valence-electron chi connectivity index (χ4n) is 3.84. The zero-order chi connectivity index (χ0) is 28.0. The second-order valence-electron chi connectivity index (χ2n) is 8.20. The van der Waals surface area contributed by atoms with Crippen molar-refractivity contribution in [1.82, 2.24) is 8.87 Å². The Hall–Kier alpha value is -4.24. The van der Waals surface area contributed by atoms with Gasteiger partial charge in [-0.3, -0.25) is 9.59 Å². The third kappa shape index (κ3) is 6.09. The molecule has 2 heterocycles. The van der Waals surface area contributed by atoms with Gasteiger partial charge in [0.2, 0.25) is 16.8 Å². The van der Waals surface area contributed by atoms with Gasteiger partial charge in [-0.25, -0.2) is 8.42 Å². The minimum Gasteiger partial charge on any atom is -0.469 e. The number of aromatic nitrogens is 1. The van der Waals surface area contributed by atoms with Crippen LogP contribution in [0.5, 0.6) is 11.5 Å². The lowest BCUT2D eigenvalue weighted by Crippen LogP contribution is -2.32. The first-order valence-electron chi connectivity index (χ1n) is 11.7. The Labute approximate surface area is 227 Å². The molecule has 0 unspecified atom stereocenters. The molecule has 12 nitrogen and oxygen atoms in total. The number of rotatable bonds is 10. The lowest BCUT2D eigenvalue weighted by Gasteiger charge is -2.20. The number of aryl methyl sites for hydroxylation is 1. The molecule has 0 saturated carbocycles. The van der Waals surface area contributed by atoms with Gasteiger partial charge in [0, 0.05) is 50.2 Å². The van der Waals surface area contributed by atoms with Crippen molar-refractivity contribution in [2.24, 2.45) is 4.99 Å². The van der Waals surface area contributed by atoms with Crippen molar-refractivity contribution in [1.29, 1.82) is 10.5 Å². The topological polar surface area (TPSA) is 164 Å². The number of amides is 1. The highest BCUT2D eigenvalue weighted by Gasteiger charge is 2.24. The first kappa shape index (κ1) is 27.8. The predicted octanol–water partition coefficient (Wildman–Crippen LogP) is 2.55. The number of ether oxygens (including phenoxy) is 3. The van der Waals surface area contributed by atoms with Crippen LogP contribution in [-0.2, 0) is 26.1 Å². The Bertz CT molecular complexity index is 1640. The molecule has 0 N–H and O–H groups in total. The van der Waals surface area contributed by atoms with Crippen LogP contribution in [0.1, 0.15) is 29.6 Å². The van der Waals surface area contributed by atoms with Gasteiger partial charge in [0.1, 0.15) is 0 Å². The number of benzene rings is 2. The standard InChI is InChI=1S/C25H23N5O7S2/c1-35-23(31)8-13-30-19-14-20-21(37-16-36-20)15-22(19)38-25(30)28-24(32)17-4-6-18(7-5-17)39(33,34)29(11-2-9-26)12-3-10-27/h4-7,14-15H,2-3,8,11-13,16H2,1H3. The summed E-state index contributed by atoms with van der Waals surface area (Å²) in [6, 6.07) is 12.6. The fraction of sp³-hybridized carbons (Fsp3) is 0.320. The smallest absolute Gasteiger partial charge is 0.307 e. The molecule has 0 radical (unpaired) electrons. The molecule has 14 heteroatoms. The van der Waals surface area contributed by atoms with Crippen molar-refractivity contribution < 1.29 is 32.2 Å². The number of hydrogen-bond donors (Lipinski definition) is 0. The van der Waals surface area contributed by atoms with E-state index in [-0.39, 0.29) is 56.1 Å². The minimum absolute atomic E-state index is 0.0213. The van der Waals surface area contributed by atoms with Gasteiger partial charge in [0.25, 0.3) is 5.91 Å². The summed E-state index contributed by atoms with van der Waals surface area (Å²) < 4.78 is 45.3. The summed E-state index contributed by atoms with van der Waals surface area (Å²) in [5, 5.41) is 17.7. The van der Waals surface area contributed by atoms with Gasteiger partial charge in [-0.1, -0.05) is 11.3 Å². The van der Waals surface area contributed by atoms with Gasteiger partial charge in [-0.2, -0.15) is 19.8 Å². The van der Waals surface area contributed by atoms with Gasteiger partial charge in [-0.15, -0.1) is 0 Å². The Morgan fingerprint density at radius 2 is 1.74 bits per heavy atom. The first-order chi connectivity index (χ1) is 18.8. The van der Waals surface area contributed by atoms with Crippen molar-refractivity contribution in [2.75, 3.05) is 27.0 Å². The van der Waals surface area contributed by atoms with E-state index in [1.807, 2.05) is 12.1 Å². The summed E-state index contributed by atoms with van der Waals surface area (Å²) in [5.74, 6) is 0.0796. The fourth-order valence-corrected chi connectivity index (χ4v) is 6.34. The number of carbonyl (C=O) groups is 2. The molecule has 0 saturated heterocycles. The second-order valence-corrected chi connectivity index (χ2v) is 11.1. The maximum Gasteiger partial charge on any atom is 0.307 e. The van der Waals surface area contributed by atoms with Crippen LogP contribution >= 0.6 is 11.3 Å². The maximum atomic E-state index is 13.1. The predicted molar refractivity (Wildman–Crippen MR) is 138 cm³/mol. The average Bonchev–Trinajstić information content (AvgIpc) is 3.53. The van der Waals surface area contributed by atoms with Crippen LogP contribution in [0.25, 0.3) is 10.2 Å². The van der Waals surface area contributed by atoms with Crippen LogP contribution in [0.4, 0.5) is 0 Å². The van der Waals surface area contributed by atoms with Crippen molar-refractivity contribution in [3.05, 3.63) is 46.8 Å². The number of nitriles is 2. The third-order valence-corrected chi connectivity index (χ3v) is 8.78. The molecule has 39 heavy (non-hydrogen) atoms. The summed E-state index contributed by atoms with van der Waals surface area (Å²) in [7, 11) is -2.68. The highest BCUT2D eigenvalue weighted by atomic mass is 32.2. The molecule has 0 spiro atoms. The number of fused-ring (bicyclic) bond motifs is 2. The van der Waals surface area contributed by atoms with E-state index in [2.05, 4.69) is 4.99 Å². The van der Waals surface area contributed by atoms with Crippen LogP contribution in [0.15, 0.2) is 46.3 Å². The molecule has 202 valence electrons. The highest BCUT2D eigenvalue weighted by Crippen LogP contribution is 2.37. The molecule has 2 aromatic carbocycles. The maximum absolute atomic E-state index is 13.1. The highest BCUT2D eigenvalue weighted by molar-refractivity contribution is 7.89. The quantitative estimate of drug-likeness (QED) is 0.334. The number of hydrogen-bond acceptors (Lipinski definition) is 10. The van der Waals surface area contributed by atoms with E-state index in [0.717, 1.165) is 9.01 Å². The summed E-state index contributed by atoms with van der Waals surface area (Å²) in [4.78, 5) is 29.4. The van der Waals surface area contributed by atoms with Gasteiger partial charge in [0.05, 0.1) is 40.8 Å². The molecule has 3 aromatic rings. The van der Waals surface area contributed by atoms with Gasteiger partial charge >= 0.3 is 5.97 Å². The summed E-state index contributed by atoms with van der Waals surface area (Å²) in [6.45, 7) is 0.211. The molecule has 1 amide bonds. The zero-order valence-electron chi connectivity index (χ0n) is 20.8. The number of methoxy groups -OCH3 is 1. The Kier molecular flexibility index (Phi) is 8.61. The number of carbonyl (C=O) groups excluding carboxylic acids is 2. The van der Waals surface area contributed by atoms with E-state index < -0.39 is 21.9 Å². The van der Waals surface area contributed by atoms with Crippen molar-refractivity contribution in [3.63, 3.8) is 0 Å². The molecule has 0 bridgehead atoms. The van der Waals surface area contributed by atoms with Gasteiger partial charge < -0.3 is 18.8 Å². The third-order valence-electron chi connectivity index (χ3n) is 5.83. The molecule has 1 aliphatic heterocycles. The van der Waals surface area contributed by atoms with Crippen molar-refractivity contribution >= 4 is 43.5 Å². The normalized spacial score (nSPS) is 12.9. The largest absolute Gasteiger partial charge is 0.469 e.